The van der Waals surface area contributed by atoms with Crippen molar-refractivity contribution < 1.29 is 34.8 Å². The van der Waals surface area contributed by atoms with E-state index in [0.717, 1.165) is 6.07 Å². The highest BCUT2D eigenvalue weighted by Crippen LogP contribution is 2.43. The Morgan fingerprint density at radius 3 is 1.69 bits per heavy atom. The summed E-state index contributed by atoms with van der Waals surface area (Å²) in [5.74, 6) is 0. The Kier molecular flexibility index (Phi) is 5.12. The highest BCUT2D eigenvalue weighted by atomic mass is 32.2. The van der Waals surface area contributed by atoms with E-state index >= 15 is 0 Å². The molecule has 0 unspecified atom stereocenters. The maximum atomic E-state index is 13.2. The quantitative estimate of drug-likeness (QED) is 0.673. The van der Waals surface area contributed by atoms with Gasteiger partial charge in [-0.3, -0.25) is 0 Å². The monoisotopic (exact) mass is 433 g/mol. The fourth-order valence-electron chi connectivity index (χ4n) is 3.08. The van der Waals surface area contributed by atoms with Crippen molar-refractivity contribution in [3.05, 3.63) is 76.9 Å². The van der Waals surface area contributed by atoms with Crippen molar-refractivity contribution in [1.29, 1.82) is 0 Å². The molecule has 0 aliphatic heterocycles. The number of alkyl halides is 6. The maximum absolute atomic E-state index is 13.2. The van der Waals surface area contributed by atoms with E-state index in [1.54, 1.807) is 12.2 Å². The lowest BCUT2D eigenvalue weighted by Crippen LogP contribution is -2.16. The zero-order valence-corrected chi connectivity index (χ0v) is 15.3. The highest BCUT2D eigenvalue weighted by molar-refractivity contribution is 7.89. The minimum absolute atomic E-state index is 0.0235. The molecule has 3 rings (SSSR count). The summed E-state index contributed by atoms with van der Waals surface area (Å²) in [6.45, 7) is 0. The van der Waals surface area contributed by atoms with Gasteiger partial charge in [-0.25, -0.2) is 13.6 Å². The zero-order chi connectivity index (χ0) is 21.6. The van der Waals surface area contributed by atoms with E-state index in [2.05, 4.69) is 0 Å². The van der Waals surface area contributed by atoms with Gasteiger partial charge in [0.2, 0.25) is 10.0 Å². The van der Waals surface area contributed by atoms with Gasteiger partial charge in [0.05, 0.1) is 16.0 Å². The molecule has 2 aromatic carbocycles. The van der Waals surface area contributed by atoms with E-state index < -0.39 is 33.5 Å². The van der Waals surface area contributed by atoms with Crippen molar-refractivity contribution >= 4 is 21.2 Å². The number of sulfonamides is 1. The largest absolute Gasteiger partial charge is 0.417 e. The number of benzene rings is 2. The van der Waals surface area contributed by atoms with Crippen LogP contribution in [-0.2, 0) is 22.4 Å². The number of hydrogen-bond donors (Lipinski definition) is 1. The molecule has 0 saturated heterocycles. The van der Waals surface area contributed by atoms with Crippen LogP contribution in [0.5, 0.6) is 0 Å². The molecule has 0 saturated carbocycles. The minimum Gasteiger partial charge on any atom is -0.225 e. The summed E-state index contributed by atoms with van der Waals surface area (Å²) in [6.07, 6.45) is -6.68. The van der Waals surface area contributed by atoms with E-state index in [0.29, 0.717) is 35.3 Å². The summed E-state index contributed by atoms with van der Waals surface area (Å²) < 4.78 is 101. The lowest BCUT2D eigenvalue weighted by molar-refractivity contribution is -0.162. The second-order valence-corrected chi connectivity index (χ2v) is 7.86. The molecule has 29 heavy (non-hydrogen) atoms. The third-order valence-corrected chi connectivity index (χ3v) is 5.30. The maximum Gasteiger partial charge on any atom is 0.417 e. The predicted octanol–water partition coefficient (Wildman–Crippen LogP) is 5.24. The molecule has 154 valence electrons. The molecule has 3 nitrogen and oxygen atoms in total. The SMILES string of the molecule is NS(=O)(=O)c1ccc(C2=CCC=C2c2ccc(C(F)(F)F)c(C(F)(F)F)c2)cc1. The molecule has 0 aromatic heterocycles. The molecule has 0 amide bonds. The van der Waals surface area contributed by atoms with Crippen LogP contribution in [0, 0.1) is 0 Å². The van der Waals surface area contributed by atoms with Crippen LogP contribution < -0.4 is 5.14 Å². The van der Waals surface area contributed by atoms with Gasteiger partial charge in [0.15, 0.2) is 0 Å². The molecule has 0 spiro atoms. The molecule has 0 radical (unpaired) electrons. The van der Waals surface area contributed by atoms with Crippen molar-refractivity contribution in [1.82, 2.24) is 0 Å². The topological polar surface area (TPSA) is 60.2 Å². The molecule has 0 bridgehead atoms. The van der Waals surface area contributed by atoms with E-state index in [-0.39, 0.29) is 10.5 Å². The number of halogens is 6. The summed E-state index contributed by atoms with van der Waals surface area (Å²) in [5.41, 5.74) is -2.24. The van der Waals surface area contributed by atoms with Crippen LogP contribution >= 0.6 is 0 Å². The van der Waals surface area contributed by atoms with Crippen LogP contribution in [0.25, 0.3) is 11.1 Å². The lowest BCUT2D eigenvalue weighted by Gasteiger charge is -2.18. The average Bonchev–Trinajstić information content (AvgIpc) is 3.09. The highest BCUT2D eigenvalue weighted by Gasteiger charge is 2.43. The summed E-state index contributed by atoms with van der Waals surface area (Å²) in [6, 6.07) is 7.23. The molecular formula is C19H13F6NO2S. The third-order valence-electron chi connectivity index (χ3n) is 4.37. The first-order valence-electron chi connectivity index (χ1n) is 8.11. The molecule has 1 aliphatic carbocycles. The van der Waals surface area contributed by atoms with Gasteiger partial charge < -0.3 is 0 Å². The van der Waals surface area contributed by atoms with Crippen molar-refractivity contribution in [3.8, 4) is 0 Å². The van der Waals surface area contributed by atoms with Crippen molar-refractivity contribution in [2.45, 2.75) is 23.7 Å². The van der Waals surface area contributed by atoms with E-state index in [1.807, 2.05) is 0 Å². The first-order valence-corrected chi connectivity index (χ1v) is 9.66. The smallest absolute Gasteiger partial charge is 0.225 e. The number of nitrogens with two attached hydrogens (primary N) is 1. The molecular weight excluding hydrogens is 420 g/mol. The Morgan fingerprint density at radius 1 is 0.724 bits per heavy atom. The lowest BCUT2D eigenvalue weighted by atomic mass is 9.92. The number of primary sulfonamides is 1. The molecule has 1 aliphatic rings. The molecule has 2 aromatic rings. The molecule has 2 N–H and O–H groups in total. The van der Waals surface area contributed by atoms with Crippen LogP contribution in [0.2, 0.25) is 0 Å². The van der Waals surface area contributed by atoms with Gasteiger partial charge >= 0.3 is 12.4 Å². The summed E-state index contributed by atoms with van der Waals surface area (Å²) >= 11 is 0. The van der Waals surface area contributed by atoms with Gasteiger partial charge in [-0.05, 0) is 53.0 Å². The Hall–Kier alpha value is -2.59. The van der Waals surface area contributed by atoms with E-state index in [4.69, 9.17) is 5.14 Å². The Morgan fingerprint density at radius 2 is 1.21 bits per heavy atom. The van der Waals surface area contributed by atoms with Crippen LogP contribution in [0.15, 0.2) is 59.5 Å². The molecule has 0 fully saturated rings. The standard InChI is InChI=1S/C19H13F6NO2S/c20-18(21,22)16-9-6-12(10-17(16)19(23,24)25)15-3-1-2-14(15)11-4-7-13(8-5-11)29(26,27)28/h2-10H,1H2,(H2,26,27,28). The Bertz CT molecular complexity index is 1110. The second kappa shape index (κ2) is 7.03. The van der Waals surface area contributed by atoms with Crippen molar-refractivity contribution in [3.63, 3.8) is 0 Å². The molecule has 0 heterocycles. The normalized spacial score (nSPS) is 15.3. The second-order valence-electron chi connectivity index (χ2n) is 6.30. The van der Waals surface area contributed by atoms with Crippen molar-refractivity contribution in [2.75, 3.05) is 0 Å². The first-order chi connectivity index (χ1) is 13.3. The van der Waals surface area contributed by atoms with Gasteiger partial charge in [-0.15, -0.1) is 0 Å². The van der Waals surface area contributed by atoms with E-state index in [1.165, 1.54) is 24.3 Å². The van der Waals surface area contributed by atoms with Gasteiger partial charge in [0, 0.05) is 0 Å². The Balaban J connectivity index is 2.04. The predicted molar refractivity (Wildman–Crippen MR) is 94.8 cm³/mol. The van der Waals surface area contributed by atoms with Crippen molar-refractivity contribution in [2.24, 2.45) is 5.14 Å². The third kappa shape index (κ3) is 4.38. The van der Waals surface area contributed by atoms with Crippen LogP contribution in [0.1, 0.15) is 28.7 Å². The Labute approximate surface area is 162 Å². The van der Waals surface area contributed by atoms with Crippen LogP contribution in [-0.4, -0.2) is 8.42 Å². The van der Waals surface area contributed by atoms with Gasteiger partial charge in [0.25, 0.3) is 0 Å². The summed E-state index contributed by atoms with van der Waals surface area (Å²) in [4.78, 5) is -0.140. The average molecular weight is 433 g/mol. The first kappa shape index (κ1) is 21.1. The van der Waals surface area contributed by atoms with Gasteiger partial charge in [-0.2, -0.15) is 26.3 Å². The van der Waals surface area contributed by atoms with E-state index in [9.17, 15) is 34.8 Å². The fraction of sp³-hybridized carbons (Fsp3) is 0.158. The number of hydrogen-bond acceptors (Lipinski definition) is 2. The van der Waals surface area contributed by atoms with Crippen LogP contribution in [0.3, 0.4) is 0 Å². The number of allylic oxidation sites excluding steroid dienone is 4. The molecule has 10 heteroatoms. The summed E-state index contributed by atoms with van der Waals surface area (Å²) in [5, 5.41) is 5.03. The van der Waals surface area contributed by atoms with Gasteiger partial charge in [0.1, 0.15) is 0 Å². The van der Waals surface area contributed by atoms with Crippen LogP contribution in [0.4, 0.5) is 26.3 Å². The van der Waals surface area contributed by atoms with Gasteiger partial charge in [-0.1, -0.05) is 30.4 Å². The summed E-state index contributed by atoms with van der Waals surface area (Å²) in [7, 11) is -3.92. The number of rotatable bonds is 3. The zero-order valence-electron chi connectivity index (χ0n) is 14.5. The molecule has 0 atom stereocenters. The fourth-order valence-corrected chi connectivity index (χ4v) is 3.59. The minimum atomic E-state index is -5.18.